The average molecular weight is 288 g/mol. The molecule has 0 aliphatic rings. The number of fused-ring (bicyclic) bond motifs is 1. The molecule has 0 saturated carbocycles. The first-order valence-corrected chi connectivity index (χ1v) is 6.19. The van der Waals surface area contributed by atoms with Gasteiger partial charge in [0.25, 0.3) is 0 Å². The molecule has 6 nitrogen and oxygen atoms in total. The Morgan fingerprint density at radius 1 is 1.25 bits per heavy atom. The fourth-order valence-electron chi connectivity index (χ4n) is 1.73. The van der Waals surface area contributed by atoms with Gasteiger partial charge in [-0.15, -0.1) is 0 Å². The Kier molecular flexibility index (Phi) is 4.26. The summed E-state index contributed by atoms with van der Waals surface area (Å²) in [6.07, 6.45) is -2.86. The van der Waals surface area contributed by atoms with Crippen LogP contribution < -0.4 is 10.6 Å². The molecule has 0 bridgehead atoms. The van der Waals surface area contributed by atoms with Crippen molar-refractivity contribution in [3.05, 3.63) is 6.33 Å². The first kappa shape index (κ1) is 14.4. The molecule has 9 heteroatoms. The van der Waals surface area contributed by atoms with Crippen molar-refractivity contribution in [1.29, 1.82) is 0 Å². The lowest BCUT2D eigenvalue weighted by Crippen LogP contribution is -2.10. The number of hydrogen-bond donors (Lipinski definition) is 3. The number of nitrogens with one attached hydrogen (secondary N) is 3. The van der Waals surface area contributed by atoms with E-state index in [4.69, 9.17) is 0 Å². The third-order valence-electron chi connectivity index (χ3n) is 2.69. The molecule has 3 N–H and O–H groups in total. The fourth-order valence-corrected chi connectivity index (χ4v) is 1.73. The van der Waals surface area contributed by atoms with Gasteiger partial charge in [-0.2, -0.15) is 23.1 Å². The highest BCUT2D eigenvalue weighted by Gasteiger charge is 2.25. The molecule has 20 heavy (non-hydrogen) atoms. The number of anilines is 2. The van der Waals surface area contributed by atoms with Crippen LogP contribution in [-0.4, -0.2) is 39.7 Å². The van der Waals surface area contributed by atoms with Crippen LogP contribution in [0.4, 0.5) is 24.9 Å². The highest BCUT2D eigenvalue weighted by atomic mass is 19.4. The Bertz CT molecular complexity index is 565. The van der Waals surface area contributed by atoms with Crippen LogP contribution in [0.1, 0.15) is 19.3 Å². The van der Waals surface area contributed by atoms with E-state index >= 15 is 0 Å². The van der Waals surface area contributed by atoms with Crippen LogP contribution in [0.25, 0.3) is 11.2 Å². The van der Waals surface area contributed by atoms with Crippen LogP contribution >= 0.6 is 0 Å². The van der Waals surface area contributed by atoms with Gasteiger partial charge in [-0.05, 0) is 12.8 Å². The van der Waals surface area contributed by atoms with E-state index in [-0.39, 0.29) is 6.42 Å². The average Bonchev–Trinajstić information content (AvgIpc) is 2.84. The zero-order valence-electron chi connectivity index (χ0n) is 10.9. The van der Waals surface area contributed by atoms with E-state index in [9.17, 15) is 13.2 Å². The standard InChI is InChI=1S/C11H15F3N6/c1-15-10-19-8(7-9(20-10)18-6-17-7)16-5-3-2-4-11(12,13)14/h6H,2-5H2,1H3,(H3,15,16,17,18,19,20). The zero-order valence-corrected chi connectivity index (χ0v) is 10.9. The number of nitrogens with zero attached hydrogens (tertiary/aromatic N) is 3. The first-order chi connectivity index (χ1) is 9.49. The van der Waals surface area contributed by atoms with Crippen molar-refractivity contribution in [2.75, 3.05) is 24.2 Å². The van der Waals surface area contributed by atoms with Crippen LogP contribution in [0.5, 0.6) is 0 Å². The molecule has 2 aromatic heterocycles. The number of alkyl halides is 3. The Balaban J connectivity index is 1.94. The number of aromatic amines is 1. The van der Waals surface area contributed by atoms with E-state index in [1.165, 1.54) is 6.33 Å². The van der Waals surface area contributed by atoms with Crippen LogP contribution in [-0.2, 0) is 0 Å². The number of imidazole rings is 1. The summed E-state index contributed by atoms with van der Waals surface area (Å²) in [5, 5.41) is 5.81. The van der Waals surface area contributed by atoms with E-state index in [2.05, 4.69) is 30.6 Å². The van der Waals surface area contributed by atoms with Crippen LogP contribution in [0, 0.1) is 0 Å². The summed E-state index contributed by atoms with van der Waals surface area (Å²) in [4.78, 5) is 15.3. The van der Waals surface area contributed by atoms with Crippen LogP contribution in [0.2, 0.25) is 0 Å². The quantitative estimate of drug-likeness (QED) is 0.712. The maximum absolute atomic E-state index is 12.0. The molecule has 2 rings (SSSR count). The summed E-state index contributed by atoms with van der Waals surface area (Å²) in [5.41, 5.74) is 1.14. The van der Waals surface area contributed by atoms with Gasteiger partial charge in [0, 0.05) is 20.0 Å². The minimum atomic E-state index is -4.09. The van der Waals surface area contributed by atoms with Crippen molar-refractivity contribution in [2.45, 2.75) is 25.4 Å². The van der Waals surface area contributed by atoms with E-state index < -0.39 is 12.6 Å². The van der Waals surface area contributed by atoms with Crippen molar-refractivity contribution in [2.24, 2.45) is 0 Å². The van der Waals surface area contributed by atoms with E-state index in [1.807, 2.05) is 0 Å². The summed E-state index contributed by atoms with van der Waals surface area (Å²) < 4.78 is 36.0. The summed E-state index contributed by atoms with van der Waals surface area (Å²) in [5.74, 6) is 0.936. The maximum Gasteiger partial charge on any atom is 0.389 e. The van der Waals surface area contributed by atoms with Gasteiger partial charge < -0.3 is 15.6 Å². The molecule has 2 heterocycles. The molecule has 0 fully saturated rings. The summed E-state index contributed by atoms with van der Waals surface area (Å²) >= 11 is 0. The van der Waals surface area contributed by atoms with E-state index in [1.54, 1.807) is 7.05 Å². The SMILES string of the molecule is CNc1nc(NCCCCC(F)(F)F)c2[nH]cnc2n1. The second-order valence-electron chi connectivity index (χ2n) is 4.25. The second kappa shape index (κ2) is 5.93. The number of aromatic nitrogens is 4. The molecule has 2 aromatic rings. The third kappa shape index (κ3) is 3.72. The van der Waals surface area contributed by atoms with Gasteiger partial charge in [-0.1, -0.05) is 0 Å². The lowest BCUT2D eigenvalue weighted by molar-refractivity contribution is -0.135. The predicted molar refractivity (Wildman–Crippen MR) is 69.6 cm³/mol. The van der Waals surface area contributed by atoms with Crippen molar-refractivity contribution in [3.63, 3.8) is 0 Å². The molecule has 0 spiro atoms. The summed E-state index contributed by atoms with van der Waals surface area (Å²) in [6.45, 7) is 0.407. The summed E-state index contributed by atoms with van der Waals surface area (Å²) in [7, 11) is 1.68. The molecule has 0 aromatic carbocycles. The Morgan fingerprint density at radius 3 is 2.75 bits per heavy atom. The molecule has 110 valence electrons. The molecule has 0 radical (unpaired) electrons. The smallest absolute Gasteiger partial charge is 0.368 e. The van der Waals surface area contributed by atoms with Crippen molar-refractivity contribution in [1.82, 2.24) is 19.9 Å². The highest BCUT2D eigenvalue weighted by molar-refractivity contribution is 5.83. The van der Waals surface area contributed by atoms with Gasteiger partial charge >= 0.3 is 6.18 Å². The van der Waals surface area contributed by atoms with E-state index in [0.717, 1.165) is 0 Å². The molecule has 0 unspecified atom stereocenters. The van der Waals surface area contributed by atoms with Crippen LogP contribution in [0.3, 0.4) is 0 Å². The first-order valence-electron chi connectivity index (χ1n) is 6.19. The van der Waals surface area contributed by atoms with Gasteiger partial charge in [0.1, 0.15) is 5.52 Å². The Hall–Kier alpha value is -2.06. The molecule has 0 aliphatic heterocycles. The maximum atomic E-state index is 12.0. The molecular formula is C11H15F3N6. The Morgan fingerprint density at radius 2 is 2.05 bits per heavy atom. The van der Waals surface area contributed by atoms with Crippen molar-refractivity contribution < 1.29 is 13.2 Å². The van der Waals surface area contributed by atoms with E-state index in [0.29, 0.717) is 35.9 Å². The number of H-pyrrole nitrogens is 1. The van der Waals surface area contributed by atoms with Gasteiger partial charge in [0.05, 0.1) is 6.33 Å². The summed E-state index contributed by atoms with van der Waals surface area (Å²) in [6, 6.07) is 0. The number of unbranched alkanes of at least 4 members (excludes halogenated alkanes) is 1. The lowest BCUT2D eigenvalue weighted by atomic mass is 10.2. The molecule has 0 amide bonds. The van der Waals surface area contributed by atoms with Gasteiger partial charge in [0.2, 0.25) is 5.95 Å². The van der Waals surface area contributed by atoms with Gasteiger partial charge in [-0.3, -0.25) is 0 Å². The molecule has 0 aliphatic carbocycles. The van der Waals surface area contributed by atoms with Crippen molar-refractivity contribution >= 4 is 22.9 Å². The molecular weight excluding hydrogens is 273 g/mol. The molecule has 0 atom stereocenters. The third-order valence-corrected chi connectivity index (χ3v) is 2.69. The second-order valence-corrected chi connectivity index (χ2v) is 4.25. The largest absolute Gasteiger partial charge is 0.389 e. The number of hydrogen-bond acceptors (Lipinski definition) is 5. The van der Waals surface area contributed by atoms with Gasteiger partial charge in [-0.25, -0.2) is 4.98 Å². The normalized spacial score (nSPS) is 11.8. The number of rotatable bonds is 6. The van der Waals surface area contributed by atoms with Gasteiger partial charge in [0.15, 0.2) is 11.5 Å². The predicted octanol–water partition coefficient (Wildman–Crippen LogP) is 2.54. The number of halogens is 3. The zero-order chi connectivity index (χ0) is 14.6. The Labute approximate surface area is 113 Å². The minimum Gasteiger partial charge on any atom is -0.368 e. The topological polar surface area (TPSA) is 78.5 Å². The van der Waals surface area contributed by atoms with Crippen molar-refractivity contribution in [3.8, 4) is 0 Å². The lowest BCUT2D eigenvalue weighted by Gasteiger charge is -2.09. The monoisotopic (exact) mass is 288 g/mol. The van der Waals surface area contributed by atoms with Crippen LogP contribution in [0.15, 0.2) is 6.33 Å². The molecule has 0 saturated heterocycles. The fraction of sp³-hybridized carbons (Fsp3) is 0.545. The minimum absolute atomic E-state index is 0.0899. The highest BCUT2D eigenvalue weighted by Crippen LogP contribution is 2.22.